The van der Waals surface area contributed by atoms with Crippen LogP contribution in [0.15, 0.2) is 0 Å². The molecule has 4 nitrogen and oxygen atoms in total. The van der Waals surface area contributed by atoms with Gasteiger partial charge in [0.1, 0.15) is 0 Å². The number of rotatable bonds is 3. The van der Waals surface area contributed by atoms with Crippen molar-refractivity contribution in [2.45, 2.75) is 63.5 Å². The van der Waals surface area contributed by atoms with Crippen LogP contribution in [0.4, 0.5) is 0 Å². The number of likely N-dealkylation sites (tertiary alicyclic amines) is 2. The third-order valence-corrected chi connectivity index (χ3v) is 5.36. The van der Waals surface area contributed by atoms with Crippen molar-refractivity contribution in [3.8, 4) is 0 Å². The molecule has 2 heterocycles. The summed E-state index contributed by atoms with van der Waals surface area (Å²) in [4.78, 5) is 17.1. The molecule has 1 saturated carbocycles. The van der Waals surface area contributed by atoms with Gasteiger partial charge in [-0.1, -0.05) is 19.3 Å². The van der Waals surface area contributed by atoms with Crippen LogP contribution in [0, 0.1) is 5.92 Å². The lowest BCUT2D eigenvalue weighted by atomic mass is 9.89. The zero-order valence-electron chi connectivity index (χ0n) is 12.6. The Morgan fingerprint density at radius 3 is 2.45 bits per heavy atom. The Hall–Kier alpha value is -0.610. The summed E-state index contributed by atoms with van der Waals surface area (Å²) in [5.41, 5.74) is 6.14. The molecule has 2 saturated heterocycles. The van der Waals surface area contributed by atoms with E-state index in [-0.39, 0.29) is 12.1 Å². The van der Waals surface area contributed by atoms with Crippen LogP contribution in [0.1, 0.15) is 51.4 Å². The molecule has 2 atom stereocenters. The Bertz CT molecular complexity index is 335. The minimum absolute atomic E-state index is 0.0741. The first-order valence-corrected chi connectivity index (χ1v) is 8.52. The maximum absolute atomic E-state index is 12.7. The number of nitrogens with two attached hydrogens (primary N) is 1. The van der Waals surface area contributed by atoms with Crippen molar-refractivity contribution in [3.05, 3.63) is 0 Å². The summed E-state index contributed by atoms with van der Waals surface area (Å²) in [6, 6.07) is 0.264. The van der Waals surface area contributed by atoms with Gasteiger partial charge in [0.05, 0.1) is 6.04 Å². The second-order valence-corrected chi connectivity index (χ2v) is 7.00. The van der Waals surface area contributed by atoms with Crippen molar-refractivity contribution in [2.24, 2.45) is 11.7 Å². The monoisotopic (exact) mass is 279 g/mol. The molecular formula is C16H29N3O. The Morgan fingerprint density at radius 2 is 1.75 bits per heavy atom. The van der Waals surface area contributed by atoms with E-state index in [0.717, 1.165) is 38.5 Å². The molecule has 4 heteroatoms. The predicted octanol–water partition coefficient (Wildman–Crippen LogP) is 1.59. The standard InChI is InChI=1S/C16H29N3O/c17-14-10-15(16(20)18-8-4-5-9-18)19(12-14)11-13-6-2-1-3-7-13/h13-15H,1-12,17H2/t14-,15-/m0/s1. The first kappa shape index (κ1) is 14.3. The molecule has 0 aromatic carbocycles. The van der Waals surface area contributed by atoms with Crippen LogP contribution < -0.4 is 5.73 Å². The molecule has 2 N–H and O–H groups in total. The number of carbonyl (C=O) groups is 1. The zero-order valence-corrected chi connectivity index (χ0v) is 12.6. The van der Waals surface area contributed by atoms with Gasteiger partial charge in [0.15, 0.2) is 0 Å². The minimum atomic E-state index is 0.0741. The summed E-state index contributed by atoms with van der Waals surface area (Å²) in [6.45, 7) is 3.93. The summed E-state index contributed by atoms with van der Waals surface area (Å²) in [6.07, 6.45) is 10.0. The van der Waals surface area contributed by atoms with Crippen LogP contribution in [0.2, 0.25) is 0 Å². The molecule has 0 aromatic rings. The predicted molar refractivity (Wildman–Crippen MR) is 80.3 cm³/mol. The molecule has 0 unspecified atom stereocenters. The minimum Gasteiger partial charge on any atom is -0.341 e. The second-order valence-electron chi connectivity index (χ2n) is 7.00. The molecular weight excluding hydrogens is 250 g/mol. The fourth-order valence-electron chi connectivity index (χ4n) is 4.25. The van der Waals surface area contributed by atoms with Gasteiger partial charge in [-0.3, -0.25) is 9.69 Å². The Labute approximate surface area is 122 Å². The van der Waals surface area contributed by atoms with E-state index in [1.807, 2.05) is 0 Å². The average molecular weight is 279 g/mol. The van der Waals surface area contributed by atoms with E-state index in [0.29, 0.717) is 5.91 Å². The third-order valence-electron chi connectivity index (χ3n) is 5.36. The quantitative estimate of drug-likeness (QED) is 0.853. The highest BCUT2D eigenvalue weighted by molar-refractivity contribution is 5.82. The van der Waals surface area contributed by atoms with Crippen molar-refractivity contribution in [1.29, 1.82) is 0 Å². The molecule has 3 rings (SSSR count). The van der Waals surface area contributed by atoms with Crippen molar-refractivity contribution >= 4 is 5.91 Å². The Kier molecular flexibility index (Phi) is 4.61. The van der Waals surface area contributed by atoms with Crippen LogP contribution in [0.3, 0.4) is 0 Å². The lowest BCUT2D eigenvalue weighted by molar-refractivity contribution is -0.135. The Balaban J connectivity index is 1.60. The number of carbonyl (C=O) groups excluding carboxylic acids is 1. The van der Waals surface area contributed by atoms with E-state index < -0.39 is 0 Å². The SMILES string of the molecule is N[C@H]1C[C@@H](C(=O)N2CCCC2)N(CC2CCCCC2)C1. The van der Waals surface area contributed by atoms with E-state index in [2.05, 4.69) is 9.80 Å². The highest BCUT2D eigenvalue weighted by Gasteiger charge is 2.38. The fourth-order valence-corrected chi connectivity index (χ4v) is 4.25. The lowest BCUT2D eigenvalue weighted by Gasteiger charge is -2.32. The highest BCUT2D eigenvalue weighted by Crippen LogP contribution is 2.28. The van der Waals surface area contributed by atoms with Crippen molar-refractivity contribution < 1.29 is 4.79 Å². The van der Waals surface area contributed by atoms with E-state index in [9.17, 15) is 4.79 Å². The zero-order chi connectivity index (χ0) is 13.9. The molecule has 3 aliphatic rings. The lowest BCUT2D eigenvalue weighted by Crippen LogP contribution is -2.46. The molecule has 0 spiro atoms. The number of amides is 1. The topological polar surface area (TPSA) is 49.6 Å². The third kappa shape index (κ3) is 3.17. The summed E-state index contributed by atoms with van der Waals surface area (Å²) >= 11 is 0. The second kappa shape index (κ2) is 6.44. The largest absolute Gasteiger partial charge is 0.341 e. The molecule has 114 valence electrons. The van der Waals surface area contributed by atoms with Crippen LogP contribution in [-0.4, -0.2) is 54.0 Å². The molecule has 1 amide bonds. The molecule has 1 aliphatic carbocycles. The average Bonchev–Trinajstić information content (AvgIpc) is 3.09. The molecule has 20 heavy (non-hydrogen) atoms. The van der Waals surface area contributed by atoms with Crippen LogP contribution in [0.5, 0.6) is 0 Å². The first-order chi connectivity index (χ1) is 9.74. The highest BCUT2D eigenvalue weighted by atomic mass is 16.2. The van der Waals surface area contributed by atoms with Gasteiger partial charge >= 0.3 is 0 Å². The van der Waals surface area contributed by atoms with E-state index in [1.165, 1.54) is 44.9 Å². The maximum Gasteiger partial charge on any atom is 0.239 e. The summed E-state index contributed by atoms with van der Waals surface area (Å²) in [7, 11) is 0. The summed E-state index contributed by atoms with van der Waals surface area (Å²) in [5.74, 6) is 1.15. The molecule has 0 bridgehead atoms. The van der Waals surface area contributed by atoms with Crippen molar-refractivity contribution in [3.63, 3.8) is 0 Å². The van der Waals surface area contributed by atoms with Gasteiger partial charge in [0, 0.05) is 32.2 Å². The van der Waals surface area contributed by atoms with E-state index in [1.54, 1.807) is 0 Å². The van der Waals surface area contributed by atoms with Gasteiger partial charge in [0.25, 0.3) is 0 Å². The smallest absolute Gasteiger partial charge is 0.239 e. The number of nitrogens with zero attached hydrogens (tertiary/aromatic N) is 2. The van der Waals surface area contributed by atoms with E-state index in [4.69, 9.17) is 5.73 Å². The maximum atomic E-state index is 12.7. The number of hydrogen-bond donors (Lipinski definition) is 1. The molecule has 0 aromatic heterocycles. The van der Waals surface area contributed by atoms with Crippen molar-refractivity contribution in [1.82, 2.24) is 9.80 Å². The van der Waals surface area contributed by atoms with E-state index >= 15 is 0 Å². The van der Waals surface area contributed by atoms with Crippen LogP contribution >= 0.6 is 0 Å². The normalized spacial score (nSPS) is 33.0. The van der Waals surface area contributed by atoms with Gasteiger partial charge in [0.2, 0.25) is 5.91 Å². The Morgan fingerprint density at radius 1 is 1.05 bits per heavy atom. The van der Waals surface area contributed by atoms with Gasteiger partial charge in [-0.25, -0.2) is 0 Å². The van der Waals surface area contributed by atoms with Crippen molar-refractivity contribution in [2.75, 3.05) is 26.2 Å². The fraction of sp³-hybridized carbons (Fsp3) is 0.938. The van der Waals surface area contributed by atoms with Crippen LogP contribution in [-0.2, 0) is 4.79 Å². The first-order valence-electron chi connectivity index (χ1n) is 8.52. The summed E-state index contributed by atoms with van der Waals surface area (Å²) in [5, 5.41) is 0. The number of hydrogen-bond acceptors (Lipinski definition) is 3. The molecule has 3 fully saturated rings. The van der Waals surface area contributed by atoms with Gasteiger partial charge < -0.3 is 10.6 Å². The summed E-state index contributed by atoms with van der Waals surface area (Å²) < 4.78 is 0. The molecule has 2 aliphatic heterocycles. The van der Waals surface area contributed by atoms with Crippen LogP contribution in [0.25, 0.3) is 0 Å². The van der Waals surface area contributed by atoms with Gasteiger partial charge in [-0.2, -0.15) is 0 Å². The van der Waals surface area contributed by atoms with Gasteiger partial charge in [-0.05, 0) is 38.0 Å². The van der Waals surface area contributed by atoms with Gasteiger partial charge in [-0.15, -0.1) is 0 Å². The molecule has 0 radical (unpaired) electrons.